The quantitative estimate of drug-likeness (QED) is 0.881. The Kier molecular flexibility index (Phi) is 5.31. The van der Waals surface area contributed by atoms with Crippen molar-refractivity contribution in [2.45, 2.75) is 13.8 Å². The lowest BCUT2D eigenvalue weighted by Gasteiger charge is -2.02. The molecular formula is C16H15NO2. The van der Waals surface area contributed by atoms with Gasteiger partial charge in [-0.25, -0.2) is 4.79 Å². The van der Waals surface area contributed by atoms with E-state index in [0.29, 0.717) is 5.56 Å². The summed E-state index contributed by atoms with van der Waals surface area (Å²) in [6, 6.07) is 15.8. The van der Waals surface area contributed by atoms with Crippen molar-refractivity contribution < 1.29 is 9.90 Å². The maximum absolute atomic E-state index is 10.7. The molecule has 0 saturated carbocycles. The number of hydrogen-bond acceptors (Lipinski definition) is 2. The Balaban J connectivity index is 0.000000861. The molecule has 0 saturated heterocycles. The van der Waals surface area contributed by atoms with E-state index in [-0.39, 0.29) is 5.56 Å². The van der Waals surface area contributed by atoms with Gasteiger partial charge in [0.25, 0.3) is 0 Å². The van der Waals surface area contributed by atoms with E-state index in [2.05, 4.69) is 6.07 Å². The molecule has 3 heteroatoms. The zero-order valence-corrected chi connectivity index (χ0v) is 10.9. The second kappa shape index (κ2) is 6.97. The number of carboxylic acids is 1. The lowest BCUT2D eigenvalue weighted by Crippen LogP contribution is -1.94. The minimum atomic E-state index is -0.934. The van der Waals surface area contributed by atoms with E-state index in [4.69, 9.17) is 10.4 Å². The fraction of sp³-hybridized carbons (Fsp3) is 0.125. The molecule has 0 spiro atoms. The summed E-state index contributed by atoms with van der Waals surface area (Å²) in [6.07, 6.45) is 0. The number of benzene rings is 2. The molecule has 2 rings (SSSR count). The molecule has 96 valence electrons. The first-order valence-corrected chi connectivity index (χ1v) is 6.04. The molecule has 0 atom stereocenters. The molecule has 0 fully saturated rings. The van der Waals surface area contributed by atoms with Crippen LogP contribution in [0.15, 0.2) is 48.5 Å². The Morgan fingerprint density at radius 1 is 0.947 bits per heavy atom. The highest BCUT2D eigenvalue weighted by Crippen LogP contribution is 2.20. The molecule has 1 N–H and O–H groups in total. The second-order valence-corrected chi connectivity index (χ2v) is 3.57. The van der Waals surface area contributed by atoms with Gasteiger partial charge in [-0.15, -0.1) is 0 Å². The maximum atomic E-state index is 10.7. The van der Waals surface area contributed by atoms with E-state index in [1.54, 1.807) is 36.4 Å². The van der Waals surface area contributed by atoms with E-state index < -0.39 is 5.97 Å². The molecule has 0 unspecified atom stereocenters. The topological polar surface area (TPSA) is 61.1 Å². The van der Waals surface area contributed by atoms with Gasteiger partial charge in [0.1, 0.15) is 0 Å². The van der Waals surface area contributed by atoms with Crippen LogP contribution in [0, 0.1) is 11.3 Å². The van der Waals surface area contributed by atoms with Crippen molar-refractivity contribution in [1.29, 1.82) is 5.26 Å². The standard InChI is InChI=1S/C14H9NO2.C2H6/c15-9-10-1-3-11(4-2-10)12-5-7-13(8-6-12)14(16)17;1-2/h1-8H,(H,16,17);1-2H3. The Morgan fingerprint density at radius 2 is 1.37 bits per heavy atom. The third-order valence-corrected chi connectivity index (χ3v) is 2.48. The highest BCUT2D eigenvalue weighted by molar-refractivity contribution is 5.88. The van der Waals surface area contributed by atoms with Gasteiger partial charge < -0.3 is 5.11 Å². The summed E-state index contributed by atoms with van der Waals surface area (Å²) in [6.45, 7) is 4.00. The summed E-state index contributed by atoms with van der Waals surface area (Å²) in [5, 5.41) is 17.5. The number of aromatic carboxylic acids is 1. The number of rotatable bonds is 2. The van der Waals surface area contributed by atoms with Crippen molar-refractivity contribution in [3.05, 3.63) is 59.7 Å². The fourth-order valence-corrected chi connectivity index (χ4v) is 1.54. The predicted molar refractivity (Wildman–Crippen MR) is 74.9 cm³/mol. The van der Waals surface area contributed by atoms with Crippen LogP contribution in [0.4, 0.5) is 0 Å². The molecule has 0 aliphatic rings. The maximum Gasteiger partial charge on any atom is 0.335 e. The highest BCUT2D eigenvalue weighted by atomic mass is 16.4. The Labute approximate surface area is 112 Å². The fourth-order valence-electron chi connectivity index (χ4n) is 1.54. The van der Waals surface area contributed by atoms with Gasteiger partial charge in [0.15, 0.2) is 0 Å². The first kappa shape index (κ1) is 14.5. The molecule has 2 aromatic rings. The molecule has 0 aliphatic heterocycles. The van der Waals surface area contributed by atoms with Crippen LogP contribution in [-0.2, 0) is 0 Å². The summed E-state index contributed by atoms with van der Waals surface area (Å²) in [4.78, 5) is 10.7. The van der Waals surface area contributed by atoms with Gasteiger partial charge in [-0.3, -0.25) is 0 Å². The molecule has 0 heterocycles. The Hall–Kier alpha value is -2.60. The van der Waals surface area contributed by atoms with Gasteiger partial charge in [-0.2, -0.15) is 5.26 Å². The lowest BCUT2D eigenvalue weighted by molar-refractivity contribution is 0.0697. The zero-order valence-electron chi connectivity index (χ0n) is 10.9. The van der Waals surface area contributed by atoms with Crippen LogP contribution in [-0.4, -0.2) is 11.1 Å². The average Bonchev–Trinajstić information content (AvgIpc) is 2.49. The van der Waals surface area contributed by atoms with Crippen LogP contribution in [0.1, 0.15) is 29.8 Å². The van der Waals surface area contributed by atoms with Gasteiger partial charge in [-0.1, -0.05) is 38.1 Å². The molecule has 3 nitrogen and oxygen atoms in total. The summed E-state index contributed by atoms with van der Waals surface area (Å²) in [7, 11) is 0. The van der Waals surface area contributed by atoms with Gasteiger partial charge in [0.2, 0.25) is 0 Å². The highest BCUT2D eigenvalue weighted by Gasteiger charge is 2.02. The van der Waals surface area contributed by atoms with Crippen LogP contribution in [0.3, 0.4) is 0 Å². The van der Waals surface area contributed by atoms with Crippen LogP contribution < -0.4 is 0 Å². The van der Waals surface area contributed by atoms with Crippen molar-refractivity contribution in [1.82, 2.24) is 0 Å². The molecular weight excluding hydrogens is 238 g/mol. The minimum Gasteiger partial charge on any atom is -0.478 e. The minimum absolute atomic E-state index is 0.266. The van der Waals surface area contributed by atoms with Gasteiger partial charge in [0, 0.05) is 0 Å². The predicted octanol–water partition coefficient (Wildman–Crippen LogP) is 3.95. The van der Waals surface area contributed by atoms with Crippen LogP contribution in [0.5, 0.6) is 0 Å². The summed E-state index contributed by atoms with van der Waals surface area (Å²) < 4.78 is 0. The van der Waals surface area contributed by atoms with Crippen molar-refractivity contribution in [2.75, 3.05) is 0 Å². The largest absolute Gasteiger partial charge is 0.478 e. The zero-order chi connectivity index (χ0) is 14.3. The number of nitriles is 1. The van der Waals surface area contributed by atoms with Crippen molar-refractivity contribution in [2.24, 2.45) is 0 Å². The third-order valence-electron chi connectivity index (χ3n) is 2.48. The van der Waals surface area contributed by atoms with E-state index in [0.717, 1.165) is 11.1 Å². The van der Waals surface area contributed by atoms with Crippen molar-refractivity contribution in [3.8, 4) is 17.2 Å². The van der Waals surface area contributed by atoms with Crippen LogP contribution in [0.2, 0.25) is 0 Å². The molecule has 0 aliphatic carbocycles. The normalized spacial score (nSPS) is 8.89. The molecule has 0 radical (unpaired) electrons. The summed E-state index contributed by atoms with van der Waals surface area (Å²) >= 11 is 0. The second-order valence-electron chi connectivity index (χ2n) is 3.57. The monoisotopic (exact) mass is 253 g/mol. The third kappa shape index (κ3) is 3.68. The summed E-state index contributed by atoms with van der Waals surface area (Å²) in [5.74, 6) is -0.934. The SMILES string of the molecule is CC.N#Cc1ccc(-c2ccc(C(=O)O)cc2)cc1. The molecule has 0 aromatic heterocycles. The van der Waals surface area contributed by atoms with Gasteiger partial charge in [-0.05, 0) is 35.4 Å². The number of carbonyl (C=O) groups is 1. The van der Waals surface area contributed by atoms with E-state index in [9.17, 15) is 4.79 Å². The molecule has 0 bridgehead atoms. The van der Waals surface area contributed by atoms with Crippen molar-refractivity contribution >= 4 is 5.97 Å². The van der Waals surface area contributed by atoms with Gasteiger partial charge in [0.05, 0.1) is 17.2 Å². The van der Waals surface area contributed by atoms with Crippen molar-refractivity contribution in [3.63, 3.8) is 0 Å². The van der Waals surface area contributed by atoms with Crippen LogP contribution in [0.25, 0.3) is 11.1 Å². The lowest BCUT2D eigenvalue weighted by atomic mass is 10.0. The summed E-state index contributed by atoms with van der Waals surface area (Å²) in [5.41, 5.74) is 2.76. The van der Waals surface area contributed by atoms with E-state index in [1.165, 1.54) is 0 Å². The van der Waals surface area contributed by atoms with E-state index in [1.807, 2.05) is 26.0 Å². The molecule has 0 amide bonds. The van der Waals surface area contributed by atoms with E-state index >= 15 is 0 Å². The Morgan fingerprint density at radius 3 is 1.74 bits per heavy atom. The number of nitrogens with zero attached hydrogens (tertiary/aromatic N) is 1. The smallest absolute Gasteiger partial charge is 0.335 e. The number of carboxylic acid groups (broad SMARTS) is 1. The van der Waals surface area contributed by atoms with Crippen LogP contribution >= 0.6 is 0 Å². The first-order valence-electron chi connectivity index (χ1n) is 6.04. The number of hydrogen-bond donors (Lipinski definition) is 1. The first-order chi connectivity index (χ1) is 9.20. The average molecular weight is 253 g/mol. The van der Waals surface area contributed by atoms with Gasteiger partial charge >= 0.3 is 5.97 Å². The Bertz CT molecular complexity index is 578. The molecule has 2 aromatic carbocycles. The molecule has 19 heavy (non-hydrogen) atoms.